The van der Waals surface area contributed by atoms with E-state index in [-0.39, 0.29) is 42.9 Å². The molecule has 0 saturated heterocycles. The van der Waals surface area contributed by atoms with Gasteiger partial charge < -0.3 is 29.6 Å². The number of nitrogens with zero attached hydrogens (tertiary/aromatic N) is 1. The van der Waals surface area contributed by atoms with Gasteiger partial charge in [-0.3, -0.25) is 19.2 Å². The molecule has 1 aromatic carbocycles. The number of methoxy groups -OCH3 is 1. The molecule has 1 amide bonds. The van der Waals surface area contributed by atoms with Crippen molar-refractivity contribution < 1.29 is 34.1 Å². The number of rotatable bonds is 14. The van der Waals surface area contributed by atoms with Crippen LogP contribution in [0.1, 0.15) is 62.9 Å². The van der Waals surface area contributed by atoms with Crippen molar-refractivity contribution in [2.24, 2.45) is 10.8 Å². The predicted molar refractivity (Wildman–Crippen MR) is 141 cm³/mol. The molecule has 2 aromatic rings. The molecular weight excluding hydrogens is 492 g/mol. The minimum absolute atomic E-state index is 0.0155. The SMILES string of the molecule is COCCn1ccc(C(=O)NC(CCCC(C)(C)C)C(C)(C(=O)O)C(=O)O)c(OCc2ccccc2)c1=O. The Labute approximate surface area is 222 Å². The van der Waals surface area contributed by atoms with Crippen LogP contribution in [0.25, 0.3) is 0 Å². The molecule has 3 N–H and O–H groups in total. The van der Waals surface area contributed by atoms with Gasteiger partial charge in [-0.1, -0.05) is 57.5 Å². The normalized spacial score (nSPS) is 12.6. The molecule has 0 fully saturated rings. The fourth-order valence-electron chi connectivity index (χ4n) is 3.93. The molecule has 0 spiro atoms. The van der Waals surface area contributed by atoms with E-state index in [1.54, 1.807) is 0 Å². The summed E-state index contributed by atoms with van der Waals surface area (Å²) in [7, 11) is 1.50. The highest BCUT2D eigenvalue weighted by Crippen LogP contribution is 2.30. The molecule has 0 radical (unpaired) electrons. The molecule has 0 bridgehead atoms. The van der Waals surface area contributed by atoms with Gasteiger partial charge in [0.1, 0.15) is 6.61 Å². The van der Waals surface area contributed by atoms with Gasteiger partial charge in [0.15, 0.2) is 11.2 Å². The average molecular weight is 531 g/mol. The van der Waals surface area contributed by atoms with E-state index in [9.17, 15) is 29.4 Å². The lowest BCUT2D eigenvalue weighted by atomic mass is 9.78. The summed E-state index contributed by atoms with van der Waals surface area (Å²) in [4.78, 5) is 50.9. The first-order chi connectivity index (χ1) is 17.8. The molecule has 1 unspecified atom stereocenters. The number of ether oxygens (including phenoxy) is 2. The second kappa shape index (κ2) is 13.2. The highest BCUT2D eigenvalue weighted by Gasteiger charge is 2.49. The van der Waals surface area contributed by atoms with Crippen molar-refractivity contribution in [2.45, 2.75) is 66.2 Å². The maximum atomic E-state index is 13.5. The Balaban J connectivity index is 2.45. The summed E-state index contributed by atoms with van der Waals surface area (Å²) in [6, 6.07) is 9.24. The Morgan fingerprint density at radius 1 is 1.03 bits per heavy atom. The highest BCUT2D eigenvalue weighted by molar-refractivity contribution is 6.01. The fraction of sp³-hybridized carbons (Fsp3) is 0.500. The molecule has 208 valence electrons. The van der Waals surface area contributed by atoms with Crippen LogP contribution in [0.15, 0.2) is 47.4 Å². The molecule has 10 heteroatoms. The van der Waals surface area contributed by atoms with Crippen molar-refractivity contribution >= 4 is 17.8 Å². The van der Waals surface area contributed by atoms with Crippen LogP contribution < -0.4 is 15.6 Å². The summed E-state index contributed by atoms with van der Waals surface area (Å²) in [6.07, 6.45) is 2.72. The fourth-order valence-corrected chi connectivity index (χ4v) is 3.93. The third-order valence-corrected chi connectivity index (χ3v) is 6.44. The van der Waals surface area contributed by atoms with E-state index in [0.29, 0.717) is 12.8 Å². The summed E-state index contributed by atoms with van der Waals surface area (Å²) in [5, 5.41) is 22.2. The van der Waals surface area contributed by atoms with E-state index >= 15 is 0 Å². The lowest BCUT2D eigenvalue weighted by molar-refractivity contribution is -0.165. The molecule has 0 aliphatic rings. The first-order valence-electron chi connectivity index (χ1n) is 12.5. The van der Waals surface area contributed by atoms with Gasteiger partial charge in [0.2, 0.25) is 0 Å². The number of aliphatic carboxylic acids is 2. The minimum Gasteiger partial charge on any atom is -0.482 e. The van der Waals surface area contributed by atoms with E-state index in [0.717, 1.165) is 12.5 Å². The van der Waals surface area contributed by atoms with Gasteiger partial charge in [-0.05, 0) is 36.8 Å². The summed E-state index contributed by atoms with van der Waals surface area (Å²) >= 11 is 0. The topological polar surface area (TPSA) is 144 Å². The number of aromatic nitrogens is 1. The molecule has 1 heterocycles. The molecular formula is C28H38N2O8. The highest BCUT2D eigenvalue weighted by atomic mass is 16.5. The third kappa shape index (κ3) is 7.92. The number of pyridine rings is 1. The van der Waals surface area contributed by atoms with E-state index in [2.05, 4.69) is 5.32 Å². The zero-order valence-electron chi connectivity index (χ0n) is 22.7. The Kier molecular flexibility index (Phi) is 10.6. The van der Waals surface area contributed by atoms with Crippen molar-refractivity contribution in [1.29, 1.82) is 0 Å². The number of hydrogen-bond donors (Lipinski definition) is 3. The molecule has 2 rings (SSSR count). The maximum absolute atomic E-state index is 13.5. The standard InChI is InChI=1S/C28H38N2O8/c1-27(2,3)14-9-12-21(28(4,25(33)34)26(35)36)29-23(31)20-13-15-30(16-17-37-5)24(32)22(20)38-18-19-10-7-6-8-11-19/h6-8,10-11,13,15,21H,9,12,14,16-18H2,1-5H3,(H,29,31)(H,33,34)(H,35,36). The van der Waals surface area contributed by atoms with Crippen molar-refractivity contribution in [3.63, 3.8) is 0 Å². The van der Waals surface area contributed by atoms with Crippen LogP contribution in [-0.2, 0) is 27.5 Å². The van der Waals surface area contributed by atoms with Gasteiger partial charge in [-0.2, -0.15) is 0 Å². The number of carboxylic acid groups (broad SMARTS) is 2. The van der Waals surface area contributed by atoms with Gasteiger partial charge in [0.05, 0.1) is 18.2 Å². The Bertz CT molecular complexity index is 1150. The van der Waals surface area contributed by atoms with Crippen LogP contribution in [0.2, 0.25) is 0 Å². The number of carboxylic acids is 2. The molecule has 0 aliphatic carbocycles. The molecule has 38 heavy (non-hydrogen) atoms. The largest absolute Gasteiger partial charge is 0.482 e. The Morgan fingerprint density at radius 2 is 1.66 bits per heavy atom. The smallest absolute Gasteiger partial charge is 0.322 e. The summed E-state index contributed by atoms with van der Waals surface area (Å²) in [6.45, 7) is 7.63. The van der Waals surface area contributed by atoms with Gasteiger partial charge in [0, 0.05) is 19.9 Å². The maximum Gasteiger partial charge on any atom is 0.322 e. The number of benzene rings is 1. The van der Waals surface area contributed by atoms with Crippen molar-refractivity contribution in [3.05, 3.63) is 64.1 Å². The number of carbonyl (C=O) groups is 3. The Morgan fingerprint density at radius 3 is 2.21 bits per heavy atom. The molecule has 1 atom stereocenters. The van der Waals surface area contributed by atoms with Crippen molar-refractivity contribution in [1.82, 2.24) is 9.88 Å². The van der Waals surface area contributed by atoms with Crippen molar-refractivity contribution in [2.75, 3.05) is 13.7 Å². The number of hydrogen-bond acceptors (Lipinski definition) is 6. The van der Waals surface area contributed by atoms with Crippen LogP contribution in [0.3, 0.4) is 0 Å². The van der Waals surface area contributed by atoms with E-state index in [4.69, 9.17) is 9.47 Å². The monoisotopic (exact) mass is 530 g/mol. The Hall–Kier alpha value is -3.66. The van der Waals surface area contributed by atoms with Gasteiger partial charge in [0.25, 0.3) is 11.5 Å². The first-order valence-corrected chi connectivity index (χ1v) is 12.5. The zero-order chi connectivity index (χ0) is 28.5. The molecule has 0 aliphatic heterocycles. The summed E-state index contributed by atoms with van der Waals surface area (Å²) in [5.74, 6) is -4.15. The van der Waals surface area contributed by atoms with Crippen LogP contribution in [-0.4, -0.2) is 52.4 Å². The van der Waals surface area contributed by atoms with Crippen LogP contribution >= 0.6 is 0 Å². The zero-order valence-corrected chi connectivity index (χ0v) is 22.7. The summed E-state index contributed by atoms with van der Waals surface area (Å²) in [5.41, 5.74) is -2.25. The number of nitrogens with one attached hydrogen (secondary N) is 1. The molecule has 10 nitrogen and oxygen atoms in total. The van der Waals surface area contributed by atoms with E-state index in [1.165, 1.54) is 23.9 Å². The first kappa shape index (κ1) is 30.6. The quantitative estimate of drug-likeness (QED) is 0.315. The minimum atomic E-state index is -2.29. The average Bonchev–Trinajstić information content (AvgIpc) is 2.85. The predicted octanol–water partition coefficient (Wildman–Crippen LogP) is 3.56. The number of carbonyl (C=O) groups excluding carboxylic acids is 1. The van der Waals surface area contributed by atoms with Crippen molar-refractivity contribution in [3.8, 4) is 5.75 Å². The van der Waals surface area contributed by atoms with Gasteiger partial charge >= 0.3 is 11.9 Å². The number of amides is 1. The summed E-state index contributed by atoms with van der Waals surface area (Å²) < 4.78 is 12.2. The van der Waals surface area contributed by atoms with Crippen LogP contribution in [0.5, 0.6) is 5.75 Å². The third-order valence-electron chi connectivity index (χ3n) is 6.44. The second-order valence-corrected chi connectivity index (χ2v) is 10.6. The van der Waals surface area contributed by atoms with Crippen LogP contribution in [0, 0.1) is 10.8 Å². The van der Waals surface area contributed by atoms with Gasteiger partial charge in [-0.25, -0.2) is 0 Å². The van der Waals surface area contributed by atoms with E-state index < -0.39 is 34.9 Å². The van der Waals surface area contributed by atoms with Gasteiger partial charge in [-0.15, -0.1) is 0 Å². The lowest BCUT2D eigenvalue weighted by Gasteiger charge is -2.32. The molecule has 0 saturated carbocycles. The lowest BCUT2D eigenvalue weighted by Crippen LogP contribution is -2.55. The molecule has 1 aromatic heterocycles. The second-order valence-electron chi connectivity index (χ2n) is 10.6. The van der Waals surface area contributed by atoms with E-state index in [1.807, 2.05) is 51.1 Å². The van der Waals surface area contributed by atoms with Crippen LogP contribution in [0.4, 0.5) is 0 Å².